The monoisotopic (exact) mass is 300 g/mol. The second-order valence-corrected chi connectivity index (χ2v) is 5.60. The maximum absolute atomic E-state index is 12.1. The van der Waals surface area contributed by atoms with E-state index < -0.39 is 11.9 Å². The fraction of sp³-hybridized carbons (Fsp3) is 0.867. The van der Waals surface area contributed by atoms with Gasteiger partial charge in [-0.3, -0.25) is 14.5 Å². The highest BCUT2D eigenvalue weighted by atomic mass is 16.5. The Bertz CT molecular complexity index is 345. The number of hydrogen-bond acceptors (Lipinski definition) is 4. The predicted octanol–water partition coefficient (Wildman–Crippen LogP) is 1.10. The Morgan fingerprint density at radius 3 is 2.48 bits per heavy atom. The van der Waals surface area contributed by atoms with Crippen LogP contribution in [0.4, 0.5) is 0 Å². The summed E-state index contributed by atoms with van der Waals surface area (Å²) in [4.78, 5) is 25.4. The summed E-state index contributed by atoms with van der Waals surface area (Å²) in [5, 5.41) is 12.3. The van der Waals surface area contributed by atoms with Gasteiger partial charge in [0.15, 0.2) is 0 Å². The Morgan fingerprint density at radius 1 is 1.29 bits per heavy atom. The zero-order valence-electron chi connectivity index (χ0n) is 13.3. The molecule has 1 amide bonds. The van der Waals surface area contributed by atoms with Gasteiger partial charge in [0.05, 0.1) is 25.7 Å². The molecule has 0 aromatic rings. The Hall–Kier alpha value is -1.14. The molecule has 1 rings (SSSR count). The third-order valence-electron chi connectivity index (χ3n) is 4.04. The van der Waals surface area contributed by atoms with Crippen LogP contribution in [0.1, 0.15) is 40.0 Å². The normalized spacial score (nSPS) is 22.0. The molecule has 0 aromatic carbocycles. The summed E-state index contributed by atoms with van der Waals surface area (Å²) >= 11 is 0. The van der Waals surface area contributed by atoms with Crippen molar-refractivity contribution in [2.45, 2.75) is 52.1 Å². The molecular weight excluding hydrogens is 272 g/mol. The van der Waals surface area contributed by atoms with Crippen LogP contribution in [0.2, 0.25) is 0 Å². The first-order valence-electron chi connectivity index (χ1n) is 7.87. The van der Waals surface area contributed by atoms with Crippen LogP contribution in [0, 0.1) is 5.92 Å². The van der Waals surface area contributed by atoms with E-state index in [0.29, 0.717) is 13.2 Å². The van der Waals surface area contributed by atoms with Crippen molar-refractivity contribution < 1.29 is 19.4 Å². The first-order chi connectivity index (χ1) is 10.0. The SMILES string of the molecule is CCCN(CC(=O)NC(CC)CC)C1COCC1C(=O)O. The highest BCUT2D eigenvalue weighted by Crippen LogP contribution is 2.20. The van der Waals surface area contributed by atoms with Gasteiger partial charge in [-0.05, 0) is 25.8 Å². The Labute approximate surface area is 126 Å². The molecule has 0 aromatic heterocycles. The molecule has 122 valence electrons. The number of carbonyl (C=O) groups excluding carboxylic acids is 1. The average molecular weight is 300 g/mol. The van der Waals surface area contributed by atoms with Gasteiger partial charge in [-0.25, -0.2) is 0 Å². The molecule has 1 aliphatic heterocycles. The lowest BCUT2D eigenvalue weighted by atomic mass is 10.0. The molecule has 0 radical (unpaired) electrons. The van der Waals surface area contributed by atoms with Gasteiger partial charge in [-0.15, -0.1) is 0 Å². The number of amides is 1. The number of aliphatic carboxylic acids is 1. The van der Waals surface area contributed by atoms with Crippen LogP contribution in [-0.2, 0) is 14.3 Å². The molecule has 0 aliphatic carbocycles. The van der Waals surface area contributed by atoms with Crippen LogP contribution in [0.5, 0.6) is 0 Å². The Balaban J connectivity index is 2.64. The predicted molar refractivity (Wildman–Crippen MR) is 80.1 cm³/mol. The van der Waals surface area contributed by atoms with E-state index >= 15 is 0 Å². The van der Waals surface area contributed by atoms with E-state index in [9.17, 15) is 14.7 Å². The highest BCUT2D eigenvalue weighted by Gasteiger charge is 2.38. The van der Waals surface area contributed by atoms with E-state index in [4.69, 9.17) is 4.74 Å². The molecular formula is C15H28N2O4. The van der Waals surface area contributed by atoms with Crippen LogP contribution >= 0.6 is 0 Å². The summed E-state index contributed by atoms with van der Waals surface area (Å²) < 4.78 is 5.31. The largest absolute Gasteiger partial charge is 0.481 e. The third kappa shape index (κ3) is 5.28. The number of carboxylic acids is 1. The van der Waals surface area contributed by atoms with Crippen molar-refractivity contribution in [1.82, 2.24) is 10.2 Å². The summed E-state index contributed by atoms with van der Waals surface area (Å²) in [7, 11) is 0. The summed E-state index contributed by atoms with van der Waals surface area (Å²) in [6.07, 6.45) is 2.68. The van der Waals surface area contributed by atoms with Gasteiger partial charge in [-0.1, -0.05) is 20.8 Å². The molecule has 1 saturated heterocycles. The third-order valence-corrected chi connectivity index (χ3v) is 4.04. The fourth-order valence-corrected chi connectivity index (χ4v) is 2.74. The van der Waals surface area contributed by atoms with Gasteiger partial charge in [-0.2, -0.15) is 0 Å². The molecule has 2 unspecified atom stereocenters. The molecule has 0 saturated carbocycles. The lowest BCUT2D eigenvalue weighted by Crippen LogP contribution is -2.49. The number of hydrogen-bond donors (Lipinski definition) is 2. The fourth-order valence-electron chi connectivity index (χ4n) is 2.74. The molecule has 0 spiro atoms. The van der Waals surface area contributed by atoms with Crippen molar-refractivity contribution in [2.24, 2.45) is 5.92 Å². The minimum Gasteiger partial charge on any atom is -0.481 e. The van der Waals surface area contributed by atoms with E-state index in [1.54, 1.807) is 0 Å². The van der Waals surface area contributed by atoms with Gasteiger partial charge in [0, 0.05) is 12.1 Å². The molecule has 6 nitrogen and oxygen atoms in total. The minimum absolute atomic E-state index is 0.0341. The van der Waals surface area contributed by atoms with Crippen LogP contribution in [-0.4, -0.2) is 60.3 Å². The average Bonchev–Trinajstić information content (AvgIpc) is 2.93. The lowest BCUT2D eigenvalue weighted by Gasteiger charge is -2.30. The molecule has 6 heteroatoms. The van der Waals surface area contributed by atoms with Crippen molar-refractivity contribution in [3.63, 3.8) is 0 Å². The van der Waals surface area contributed by atoms with Crippen LogP contribution in [0.15, 0.2) is 0 Å². The number of nitrogens with zero attached hydrogens (tertiary/aromatic N) is 1. The first-order valence-corrected chi connectivity index (χ1v) is 7.87. The van der Waals surface area contributed by atoms with Crippen molar-refractivity contribution in [1.29, 1.82) is 0 Å². The van der Waals surface area contributed by atoms with Gasteiger partial charge in [0.25, 0.3) is 0 Å². The molecule has 1 fully saturated rings. The molecule has 0 bridgehead atoms. The van der Waals surface area contributed by atoms with Crippen LogP contribution in [0.25, 0.3) is 0 Å². The van der Waals surface area contributed by atoms with Gasteiger partial charge in [0.2, 0.25) is 5.91 Å². The van der Waals surface area contributed by atoms with E-state index in [1.807, 2.05) is 25.7 Å². The van der Waals surface area contributed by atoms with Crippen molar-refractivity contribution in [2.75, 3.05) is 26.3 Å². The number of carbonyl (C=O) groups is 2. The standard InChI is InChI=1S/C15H28N2O4/c1-4-7-17(8-14(18)16-11(5-2)6-3)13-10-21-9-12(13)15(19)20/h11-13H,4-10H2,1-3H3,(H,16,18)(H,19,20). The topological polar surface area (TPSA) is 78.9 Å². The number of ether oxygens (including phenoxy) is 1. The number of nitrogens with one attached hydrogen (secondary N) is 1. The quantitative estimate of drug-likeness (QED) is 0.667. The van der Waals surface area contributed by atoms with Gasteiger partial charge < -0.3 is 15.2 Å². The highest BCUT2D eigenvalue weighted by molar-refractivity contribution is 5.78. The van der Waals surface area contributed by atoms with E-state index in [0.717, 1.165) is 19.3 Å². The van der Waals surface area contributed by atoms with E-state index in [-0.39, 0.29) is 31.1 Å². The Kier molecular flexibility index (Phi) is 7.67. The Morgan fingerprint density at radius 2 is 1.95 bits per heavy atom. The molecule has 1 heterocycles. The molecule has 21 heavy (non-hydrogen) atoms. The second kappa shape index (κ2) is 9.00. The molecule has 1 aliphatic rings. The zero-order valence-corrected chi connectivity index (χ0v) is 13.3. The number of rotatable bonds is 9. The maximum Gasteiger partial charge on any atom is 0.310 e. The van der Waals surface area contributed by atoms with Crippen molar-refractivity contribution >= 4 is 11.9 Å². The van der Waals surface area contributed by atoms with E-state index in [2.05, 4.69) is 5.32 Å². The first kappa shape index (κ1) is 17.9. The van der Waals surface area contributed by atoms with Crippen LogP contribution in [0.3, 0.4) is 0 Å². The van der Waals surface area contributed by atoms with Crippen LogP contribution < -0.4 is 5.32 Å². The molecule has 2 N–H and O–H groups in total. The molecule has 2 atom stereocenters. The van der Waals surface area contributed by atoms with Crippen molar-refractivity contribution in [3.05, 3.63) is 0 Å². The van der Waals surface area contributed by atoms with Gasteiger partial charge >= 0.3 is 5.97 Å². The smallest absolute Gasteiger partial charge is 0.310 e. The van der Waals surface area contributed by atoms with E-state index in [1.165, 1.54) is 0 Å². The summed E-state index contributed by atoms with van der Waals surface area (Å²) in [5.41, 5.74) is 0. The van der Waals surface area contributed by atoms with Crippen molar-refractivity contribution in [3.8, 4) is 0 Å². The van der Waals surface area contributed by atoms with Gasteiger partial charge in [0.1, 0.15) is 0 Å². The summed E-state index contributed by atoms with van der Waals surface area (Å²) in [6, 6.07) is -0.0222. The second-order valence-electron chi connectivity index (χ2n) is 5.60. The summed E-state index contributed by atoms with van der Waals surface area (Å²) in [5.74, 6) is -1.43. The minimum atomic E-state index is -0.848. The lowest BCUT2D eigenvalue weighted by molar-refractivity contribution is -0.143. The number of carboxylic acid groups (broad SMARTS) is 1. The zero-order chi connectivity index (χ0) is 15.8. The maximum atomic E-state index is 12.1. The summed E-state index contributed by atoms with van der Waals surface area (Å²) in [6.45, 7) is 7.67.